The van der Waals surface area contributed by atoms with Crippen molar-refractivity contribution < 1.29 is 13.6 Å². The molecule has 0 saturated heterocycles. The molecule has 0 aliphatic carbocycles. The minimum absolute atomic E-state index is 0.280. The number of carbonyl (C=O) groups is 1. The van der Waals surface area contributed by atoms with Crippen molar-refractivity contribution >= 4 is 16.8 Å². The van der Waals surface area contributed by atoms with Crippen LogP contribution in [0.5, 0.6) is 0 Å². The second-order valence-electron chi connectivity index (χ2n) is 4.95. The largest absolute Gasteiger partial charge is 0.350 e. The predicted molar refractivity (Wildman–Crippen MR) is 80.6 cm³/mol. The molecule has 1 heterocycles. The van der Waals surface area contributed by atoms with Crippen molar-refractivity contribution in [3.05, 3.63) is 71.9 Å². The molecule has 0 spiro atoms. The summed E-state index contributed by atoms with van der Waals surface area (Å²) in [5.41, 5.74) is 0.783. The summed E-state index contributed by atoms with van der Waals surface area (Å²) in [6.45, 7) is 0.879. The first kappa shape index (κ1) is 14.3. The van der Waals surface area contributed by atoms with Crippen LogP contribution < -0.4 is 5.32 Å². The number of rotatable bonds is 4. The maximum atomic E-state index is 13.5. The molecule has 2 aromatic carbocycles. The summed E-state index contributed by atoms with van der Waals surface area (Å²) in [5.74, 6) is -1.98. The number of para-hydroxylation sites is 1. The van der Waals surface area contributed by atoms with Gasteiger partial charge in [-0.15, -0.1) is 0 Å². The predicted octanol–water partition coefficient (Wildman–Crippen LogP) is 3.35. The maximum absolute atomic E-state index is 13.5. The zero-order valence-corrected chi connectivity index (χ0v) is 11.7. The highest BCUT2D eigenvalue weighted by Gasteiger charge is 2.12. The van der Waals surface area contributed by atoms with Crippen LogP contribution >= 0.6 is 0 Å². The number of nitrogens with one attached hydrogen (secondary N) is 1. The molecule has 3 aromatic rings. The van der Waals surface area contributed by atoms with Crippen molar-refractivity contribution in [1.82, 2.24) is 9.88 Å². The number of carbonyl (C=O) groups excluding carboxylic acids is 1. The fraction of sp³-hybridized carbons (Fsp3) is 0.118. The Hall–Kier alpha value is -2.69. The first-order valence-electron chi connectivity index (χ1n) is 6.92. The van der Waals surface area contributed by atoms with E-state index >= 15 is 0 Å². The van der Waals surface area contributed by atoms with E-state index in [4.69, 9.17) is 0 Å². The molecule has 0 atom stereocenters. The van der Waals surface area contributed by atoms with Gasteiger partial charge in [-0.1, -0.05) is 18.2 Å². The monoisotopic (exact) mass is 300 g/mol. The van der Waals surface area contributed by atoms with Crippen LogP contribution in [0.25, 0.3) is 10.9 Å². The summed E-state index contributed by atoms with van der Waals surface area (Å²) in [4.78, 5) is 11.9. The van der Waals surface area contributed by atoms with E-state index in [1.54, 1.807) is 0 Å². The van der Waals surface area contributed by atoms with E-state index in [0.29, 0.717) is 13.1 Å². The molecule has 3 nitrogen and oxygen atoms in total. The van der Waals surface area contributed by atoms with E-state index in [-0.39, 0.29) is 5.56 Å². The molecule has 0 bridgehead atoms. The lowest BCUT2D eigenvalue weighted by Gasteiger charge is -2.08. The van der Waals surface area contributed by atoms with Crippen molar-refractivity contribution in [3.63, 3.8) is 0 Å². The van der Waals surface area contributed by atoms with E-state index in [1.807, 2.05) is 41.1 Å². The van der Waals surface area contributed by atoms with Gasteiger partial charge in [0.25, 0.3) is 5.91 Å². The lowest BCUT2D eigenvalue weighted by molar-refractivity contribution is 0.0948. The van der Waals surface area contributed by atoms with Crippen LogP contribution in [0.1, 0.15) is 10.4 Å². The first-order valence-corrected chi connectivity index (χ1v) is 6.92. The highest BCUT2D eigenvalue weighted by atomic mass is 19.1. The Morgan fingerprint density at radius 1 is 1.09 bits per heavy atom. The zero-order valence-electron chi connectivity index (χ0n) is 11.7. The Labute approximate surface area is 126 Å². The van der Waals surface area contributed by atoms with E-state index in [9.17, 15) is 13.6 Å². The van der Waals surface area contributed by atoms with Gasteiger partial charge in [-0.2, -0.15) is 0 Å². The van der Waals surface area contributed by atoms with E-state index in [2.05, 4.69) is 5.32 Å². The van der Waals surface area contributed by atoms with Crippen LogP contribution in [0.3, 0.4) is 0 Å². The summed E-state index contributed by atoms with van der Waals surface area (Å²) in [6.07, 6.45) is 1.93. The molecular weight excluding hydrogens is 286 g/mol. The highest BCUT2D eigenvalue weighted by molar-refractivity contribution is 5.94. The number of hydrogen-bond acceptors (Lipinski definition) is 1. The van der Waals surface area contributed by atoms with Gasteiger partial charge in [-0.05, 0) is 35.7 Å². The highest BCUT2D eigenvalue weighted by Crippen LogP contribution is 2.14. The SMILES string of the molecule is O=C(NCCn1ccc2ccccc21)c1cc(F)ccc1F. The average molecular weight is 300 g/mol. The minimum atomic E-state index is -0.731. The molecule has 0 saturated carbocycles. The molecule has 1 amide bonds. The molecule has 0 aliphatic rings. The van der Waals surface area contributed by atoms with Crippen molar-refractivity contribution in [2.24, 2.45) is 0 Å². The van der Waals surface area contributed by atoms with E-state index in [1.165, 1.54) is 0 Å². The van der Waals surface area contributed by atoms with Crippen LogP contribution in [0.2, 0.25) is 0 Å². The Morgan fingerprint density at radius 2 is 1.91 bits per heavy atom. The Balaban J connectivity index is 1.65. The summed E-state index contributed by atoms with van der Waals surface area (Å²) in [7, 11) is 0. The van der Waals surface area contributed by atoms with E-state index in [0.717, 1.165) is 29.1 Å². The number of fused-ring (bicyclic) bond motifs is 1. The Morgan fingerprint density at radius 3 is 2.77 bits per heavy atom. The van der Waals surface area contributed by atoms with Crippen LogP contribution in [0, 0.1) is 11.6 Å². The molecule has 0 unspecified atom stereocenters. The fourth-order valence-electron chi connectivity index (χ4n) is 2.39. The molecule has 0 radical (unpaired) electrons. The van der Waals surface area contributed by atoms with Crippen LogP contribution in [-0.2, 0) is 6.54 Å². The molecular formula is C17H14F2N2O. The number of hydrogen-bond donors (Lipinski definition) is 1. The zero-order chi connectivity index (χ0) is 15.5. The van der Waals surface area contributed by atoms with Gasteiger partial charge in [0.15, 0.2) is 0 Å². The molecule has 0 aliphatic heterocycles. The maximum Gasteiger partial charge on any atom is 0.254 e. The van der Waals surface area contributed by atoms with Gasteiger partial charge in [-0.25, -0.2) is 8.78 Å². The molecule has 1 N–H and O–H groups in total. The third kappa shape index (κ3) is 2.83. The lowest BCUT2D eigenvalue weighted by atomic mass is 10.2. The molecule has 5 heteroatoms. The topological polar surface area (TPSA) is 34.0 Å². The van der Waals surface area contributed by atoms with Crippen molar-refractivity contribution in [1.29, 1.82) is 0 Å². The fourth-order valence-corrected chi connectivity index (χ4v) is 2.39. The van der Waals surface area contributed by atoms with Gasteiger partial charge in [0.05, 0.1) is 5.56 Å². The van der Waals surface area contributed by atoms with Crippen molar-refractivity contribution in [3.8, 4) is 0 Å². The summed E-state index contributed by atoms with van der Waals surface area (Å²) >= 11 is 0. The second kappa shape index (κ2) is 5.97. The normalized spacial score (nSPS) is 10.8. The summed E-state index contributed by atoms with van der Waals surface area (Å²) in [6, 6.07) is 12.7. The van der Waals surface area contributed by atoms with Crippen molar-refractivity contribution in [2.75, 3.05) is 6.54 Å². The molecule has 0 fully saturated rings. The van der Waals surface area contributed by atoms with Gasteiger partial charge in [0.1, 0.15) is 11.6 Å². The minimum Gasteiger partial charge on any atom is -0.350 e. The number of benzene rings is 2. The lowest BCUT2D eigenvalue weighted by Crippen LogP contribution is -2.28. The van der Waals surface area contributed by atoms with E-state index < -0.39 is 17.5 Å². The third-order valence-electron chi connectivity index (χ3n) is 3.49. The molecule has 112 valence electrons. The molecule has 3 rings (SSSR count). The Bertz CT molecular complexity index is 826. The van der Waals surface area contributed by atoms with Gasteiger partial charge in [0, 0.05) is 24.8 Å². The molecule has 1 aromatic heterocycles. The van der Waals surface area contributed by atoms with Crippen LogP contribution in [0.15, 0.2) is 54.7 Å². The Kier molecular flexibility index (Phi) is 3.87. The van der Waals surface area contributed by atoms with Crippen LogP contribution in [-0.4, -0.2) is 17.0 Å². The molecule has 22 heavy (non-hydrogen) atoms. The quantitative estimate of drug-likeness (QED) is 0.787. The first-order chi connectivity index (χ1) is 10.6. The smallest absolute Gasteiger partial charge is 0.254 e. The summed E-state index contributed by atoms with van der Waals surface area (Å²) < 4.78 is 28.6. The standard InChI is InChI=1S/C17H14F2N2O/c18-13-5-6-15(19)14(11-13)17(22)20-8-10-21-9-7-12-3-1-2-4-16(12)21/h1-7,9,11H,8,10H2,(H,20,22). The summed E-state index contributed by atoms with van der Waals surface area (Å²) in [5, 5.41) is 3.72. The van der Waals surface area contributed by atoms with Gasteiger partial charge >= 0.3 is 0 Å². The average Bonchev–Trinajstić information content (AvgIpc) is 2.93. The van der Waals surface area contributed by atoms with Gasteiger partial charge < -0.3 is 9.88 Å². The number of halogens is 2. The van der Waals surface area contributed by atoms with Crippen molar-refractivity contribution in [2.45, 2.75) is 6.54 Å². The number of nitrogens with zero attached hydrogens (tertiary/aromatic N) is 1. The van der Waals surface area contributed by atoms with Gasteiger partial charge in [0.2, 0.25) is 0 Å². The second-order valence-corrected chi connectivity index (χ2v) is 4.95. The van der Waals surface area contributed by atoms with Gasteiger partial charge in [-0.3, -0.25) is 4.79 Å². The van der Waals surface area contributed by atoms with Crippen LogP contribution in [0.4, 0.5) is 8.78 Å². The number of aromatic nitrogens is 1. The third-order valence-corrected chi connectivity index (χ3v) is 3.49. The number of amides is 1.